The maximum absolute atomic E-state index is 12.6. The number of fused-ring (bicyclic) bond motifs is 1. The maximum Gasteiger partial charge on any atom is 0.135 e. The Balaban J connectivity index is 1.35. The fourth-order valence-electron chi connectivity index (χ4n) is 6.43. The lowest BCUT2D eigenvalue weighted by molar-refractivity contribution is -0.111. The first-order valence-corrected chi connectivity index (χ1v) is 14.5. The van der Waals surface area contributed by atoms with E-state index in [1.54, 1.807) is 6.33 Å². The minimum absolute atomic E-state index is 0.0519. The average molecular weight is 571 g/mol. The first-order chi connectivity index (χ1) is 17.8. The summed E-state index contributed by atoms with van der Waals surface area (Å²) in [5.41, 5.74) is 3.34. The number of aliphatic hydroxyl groups is 1. The summed E-state index contributed by atoms with van der Waals surface area (Å²) in [6, 6.07) is 8.59. The number of carbonyl (C=O) groups excluding carboxylic acids is 1. The smallest absolute Gasteiger partial charge is 0.135 e. The second-order valence-corrected chi connectivity index (χ2v) is 12.9. The molecular weight excluding hydrogens is 530 g/mol. The van der Waals surface area contributed by atoms with Crippen LogP contribution in [-0.4, -0.2) is 64.6 Å². The number of rotatable bonds is 7. The summed E-state index contributed by atoms with van der Waals surface area (Å²) in [5, 5.41) is 14.4. The van der Waals surface area contributed by atoms with E-state index in [1.165, 1.54) is 12.8 Å². The van der Waals surface area contributed by atoms with Gasteiger partial charge in [-0.2, -0.15) is 0 Å². The van der Waals surface area contributed by atoms with Gasteiger partial charge in [0, 0.05) is 42.3 Å². The van der Waals surface area contributed by atoms with Gasteiger partial charge >= 0.3 is 0 Å². The van der Waals surface area contributed by atoms with Crippen LogP contribution in [0.15, 0.2) is 35.1 Å². The lowest BCUT2D eigenvalue weighted by Gasteiger charge is -2.45. The number of aliphatic hydroxyl groups excluding tert-OH is 1. The molecule has 4 atom stereocenters. The van der Waals surface area contributed by atoms with Crippen LogP contribution >= 0.6 is 15.9 Å². The van der Waals surface area contributed by atoms with E-state index in [4.69, 9.17) is 0 Å². The number of nitrogens with one attached hydrogen (secondary N) is 1. The van der Waals surface area contributed by atoms with Crippen molar-refractivity contribution in [2.45, 2.75) is 83.0 Å². The molecule has 2 aromatic rings. The third-order valence-corrected chi connectivity index (χ3v) is 9.30. The van der Waals surface area contributed by atoms with E-state index >= 15 is 0 Å². The summed E-state index contributed by atoms with van der Waals surface area (Å²) >= 11 is 3.53. The van der Waals surface area contributed by atoms with Gasteiger partial charge < -0.3 is 14.8 Å². The fourth-order valence-corrected chi connectivity index (χ4v) is 6.69. The van der Waals surface area contributed by atoms with E-state index in [-0.39, 0.29) is 18.0 Å². The number of benzene rings is 1. The number of halogens is 1. The summed E-state index contributed by atoms with van der Waals surface area (Å²) in [6.07, 6.45) is 7.57. The molecule has 7 nitrogen and oxygen atoms in total. The van der Waals surface area contributed by atoms with Gasteiger partial charge in [0.25, 0.3) is 0 Å². The van der Waals surface area contributed by atoms with Crippen LogP contribution in [-0.2, 0) is 4.79 Å². The molecule has 8 heteroatoms. The maximum atomic E-state index is 12.6. The molecule has 0 radical (unpaired) electrons. The number of hydrogen-bond donors (Lipinski definition) is 2. The molecule has 1 saturated carbocycles. The van der Waals surface area contributed by atoms with Crippen LogP contribution in [0.25, 0.3) is 0 Å². The summed E-state index contributed by atoms with van der Waals surface area (Å²) < 4.78 is 1.02. The van der Waals surface area contributed by atoms with Crippen molar-refractivity contribution in [3.8, 4) is 0 Å². The van der Waals surface area contributed by atoms with Gasteiger partial charge in [-0.1, -0.05) is 48.8 Å². The number of aromatic nitrogens is 2. The van der Waals surface area contributed by atoms with E-state index in [2.05, 4.69) is 73.9 Å². The molecule has 37 heavy (non-hydrogen) atoms. The third kappa shape index (κ3) is 5.77. The molecule has 2 unspecified atom stereocenters. The van der Waals surface area contributed by atoms with E-state index in [9.17, 15) is 9.90 Å². The molecular formula is C29H40BrN5O2. The van der Waals surface area contributed by atoms with E-state index in [1.807, 2.05) is 12.1 Å². The highest BCUT2D eigenvalue weighted by Gasteiger charge is 2.37. The van der Waals surface area contributed by atoms with Crippen LogP contribution < -0.4 is 10.2 Å². The fraction of sp³-hybridized carbons (Fsp3) is 0.621. The van der Waals surface area contributed by atoms with Crippen molar-refractivity contribution < 1.29 is 9.90 Å². The molecule has 3 aliphatic rings. The Morgan fingerprint density at radius 1 is 1.11 bits per heavy atom. The number of piperazine rings is 1. The number of hydrogen-bond acceptors (Lipinski definition) is 7. The lowest BCUT2D eigenvalue weighted by Crippen LogP contribution is -2.59. The van der Waals surface area contributed by atoms with Crippen LogP contribution in [0.3, 0.4) is 0 Å². The summed E-state index contributed by atoms with van der Waals surface area (Å²) in [4.78, 5) is 26.4. The summed E-state index contributed by atoms with van der Waals surface area (Å²) in [6.45, 7) is 10.2. The summed E-state index contributed by atoms with van der Waals surface area (Å²) in [5.74, 6) is 0.974. The molecule has 1 saturated heterocycles. The van der Waals surface area contributed by atoms with E-state index < -0.39 is 6.10 Å². The zero-order chi connectivity index (χ0) is 26.2. The molecule has 0 bridgehead atoms. The van der Waals surface area contributed by atoms with E-state index in [0.717, 1.165) is 72.4 Å². The highest BCUT2D eigenvalue weighted by atomic mass is 79.9. The normalized spacial score (nSPS) is 26.0. The molecule has 5 rings (SSSR count). The van der Waals surface area contributed by atoms with Gasteiger partial charge in [0.2, 0.25) is 0 Å². The lowest BCUT2D eigenvalue weighted by atomic mass is 9.75. The topological polar surface area (TPSA) is 81.6 Å². The molecule has 2 N–H and O–H groups in total. The van der Waals surface area contributed by atoms with Gasteiger partial charge in [0.1, 0.15) is 18.4 Å². The molecule has 2 aliphatic carbocycles. The van der Waals surface area contributed by atoms with Crippen molar-refractivity contribution in [1.82, 2.24) is 20.2 Å². The van der Waals surface area contributed by atoms with Crippen molar-refractivity contribution in [2.75, 3.05) is 31.1 Å². The summed E-state index contributed by atoms with van der Waals surface area (Å²) in [7, 11) is 0. The molecule has 0 amide bonds. The molecule has 1 aliphatic heterocycles. The Labute approximate surface area is 229 Å². The van der Waals surface area contributed by atoms with Crippen LogP contribution in [0.4, 0.5) is 5.82 Å². The first-order valence-electron chi connectivity index (χ1n) is 13.7. The number of nitrogens with zero attached hydrogens (tertiary/aromatic N) is 4. The van der Waals surface area contributed by atoms with Crippen LogP contribution in [0.1, 0.15) is 87.6 Å². The SMILES string of the molecule is C[C@@H]1C[C@@H](O)c2ncnc(N3CCN(C(NC4CCC(C)(C)CC4)C(C=O)c4ccc(Br)cc4)CC3)c21. The van der Waals surface area contributed by atoms with Gasteiger partial charge in [-0.3, -0.25) is 10.2 Å². The van der Waals surface area contributed by atoms with Crippen molar-refractivity contribution in [3.05, 3.63) is 51.9 Å². The van der Waals surface area contributed by atoms with Crippen molar-refractivity contribution in [2.24, 2.45) is 5.41 Å². The number of aldehydes is 1. The van der Waals surface area contributed by atoms with Crippen molar-refractivity contribution in [1.29, 1.82) is 0 Å². The van der Waals surface area contributed by atoms with Gasteiger partial charge in [-0.05, 0) is 61.1 Å². The Hall–Kier alpha value is -1.87. The second-order valence-electron chi connectivity index (χ2n) is 11.9. The Bertz CT molecular complexity index is 1080. The van der Waals surface area contributed by atoms with E-state index in [0.29, 0.717) is 17.9 Å². The molecule has 0 spiro atoms. The minimum Gasteiger partial charge on any atom is -0.387 e. The Morgan fingerprint density at radius 2 is 1.78 bits per heavy atom. The average Bonchev–Trinajstić information content (AvgIpc) is 3.19. The predicted molar refractivity (Wildman–Crippen MR) is 150 cm³/mol. The zero-order valence-electron chi connectivity index (χ0n) is 22.2. The van der Waals surface area contributed by atoms with Crippen molar-refractivity contribution >= 4 is 28.0 Å². The molecule has 1 aromatic heterocycles. The highest BCUT2D eigenvalue weighted by Crippen LogP contribution is 2.43. The van der Waals surface area contributed by atoms with Crippen LogP contribution in [0, 0.1) is 5.41 Å². The molecule has 1 aromatic carbocycles. The Morgan fingerprint density at radius 3 is 2.43 bits per heavy atom. The van der Waals surface area contributed by atoms with Gasteiger partial charge in [-0.15, -0.1) is 0 Å². The number of anilines is 1. The van der Waals surface area contributed by atoms with Crippen LogP contribution in [0.2, 0.25) is 0 Å². The monoisotopic (exact) mass is 569 g/mol. The quantitative estimate of drug-likeness (QED) is 0.465. The predicted octanol–water partition coefficient (Wildman–Crippen LogP) is 4.77. The third-order valence-electron chi connectivity index (χ3n) is 8.77. The highest BCUT2D eigenvalue weighted by molar-refractivity contribution is 9.10. The number of carbonyl (C=O) groups is 1. The van der Waals surface area contributed by atoms with Gasteiger partial charge in [0.15, 0.2) is 0 Å². The standard InChI is InChI=1S/C29H40BrN5O2/c1-19-16-24(37)26-25(19)28(32-18-31-26)35-14-12-34(13-15-35)27(33-22-8-10-29(2,3)11-9-22)23(17-36)20-4-6-21(30)7-5-20/h4-7,17-19,22-24,27,33,37H,8-16H2,1-3H3/t19-,23?,24-,27?/m1/s1. The van der Waals surface area contributed by atoms with Gasteiger partial charge in [-0.25, -0.2) is 9.97 Å². The second kappa shape index (κ2) is 11.1. The molecule has 200 valence electrons. The first kappa shape index (κ1) is 26.7. The molecule has 2 heterocycles. The largest absolute Gasteiger partial charge is 0.387 e. The van der Waals surface area contributed by atoms with Crippen molar-refractivity contribution in [3.63, 3.8) is 0 Å². The zero-order valence-corrected chi connectivity index (χ0v) is 23.8. The Kier molecular flexibility index (Phi) is 8.01. The van der Waals surface area contributed by atoms with Crippen LogP contribution in [0.5, 0.6) is 0 Å². The van der Waals surface area contributed by atoms with Gasteiger partial charge in [0.05, 0.1) is 23.9 Å². The molecule has 2 fully saturated rings. The minimum atomic E-state index is -0.499.